The lowest BCUT2D eigenvalue weighted by molar-refractivity contribution is -0.123. The van der Waals surface area contributed by atoms with Crippen molar-refractivity contribution in [2.45, 2.75) is 19.8 Å². The summed E-state index contributed by atoms with van der Waals surface area (Å²) in [4.78, 5) is 26.9. The van der Waals surface area contributed by atoms with Crippen LogP contribution in [0.2, 0.25) is 0 Å². The monoisotopic (exact) mass is 353 g/mol. The lowest BCUT2D eigenvalue weighted by Gasteiger charge is -2.13. The number of carbonyl (C=O) groups is 1. The zero-order chi connectivity index (χ0) is 18.0. The zero-order valence-corrected chi connectivity index (χ0v) is 15.1. The van der Waals surface area contributed by atoms with Crippen molar-refractivity contribution in [3.05, 3.63) is 54.9 Å². The molecule has 1 aliphatic rings. The summed E-state index contributed by atoms with van der Waals surface area (Å²) in [7, 11) is 1.61. The van der Waals surface area contributed by atoms with Crippen molar-refractivity contribution in [2.75, 3.05) is 13.1 Å². The van der Waals surface area contributed by atoms with Crippen molar-refractivity contribution >= 4 is 28.9 Å². The molecule has 2 heterocycles. The van der Waals surface area contributed by atoms with Crippen LogP contribution in [0.15, 0.2) is 29.1 Å². The van der Waals surface area contributed by atoms with Crippen LogP contribution in [0.3, 0.4) is 0 Å². The molecule has 0 spiro atoms. The second-order valence-corrected chi connectivity index (χ2v) is 7.15. The Morgan fingerprint density at radius 1 is 1.28 bits per heavy atom. The predicted molar refractivity (Wildman–Crippen MR) is 98.4 cm³/mol. The lowest BCUT2D eigenvalue weighted by atomic mass is 10.1. The Kier molecular flexibility index (Phi) is 4.86. The molecule has 5 nitrogen and oxygen atoms in total. The second-order valence-electron chi connectivity index (χ2n) is 6.12. The molecular weight excluding hydrogens is 334 g/mol. The highest BCUT2D eigenvalue weighted by Crippen LogP contribution is 2.11. The molecule has 3 rings (SSSR count). The van der Waals surface area contributed by atoms with Gasteiger partial charge in [0.15, 0.2) is 5.57 Å². The van der Waals surface area contributed by atoms with E-state index in [0.29, 0.717) is 22.3 Å². The quantitative estimate of drug-likeness (QED) is 0.805. The van der Waals surface area contributed by atoms with Gasteiger partial charge in [0.2, 0.25) is 0 Å². The average Bonchev–Trinajstić information content (AvgIpc) is 3.23. The van der Waals surface area contributed by atoms with Crippen molar-refractivity contribution in [1.29, 1.82) is 5.26 Å². The molecule has 0 N–H and O–H groups in total. The molecule has 128 valence electrons. The predicted octanol–water partition coefficient (Wildman–Crippen LogP) is 0.881. The molecule has 1 fully saturated rings. The van der Waals surface area contributed by atoms with Gasteiger partial charge in [-0.15, -0.1) is 11.3 Å². The molecule has 6 heteroatoms. The molecule has 0 aliphatic carbocycles. The van der Waals surface area contributed by atoms with Crippen LogP contribution in [0.4, 0.5) is 0 Å². The van der Waals surface area contributed by atoms with Crippen molar-refractivity contribution < 1.29 is 4.79 Å². The van der Waals surface area contributed by atoms with Crippen LogP contribution in [0, 0.1) is 18.3 Å². The van der Waals surface area contributed by atoms with Crippen LogP contribution < -0.4 is 14.8 Å². The SMILES string of the molecule is Cc1ccccc1/C=c1\s/c(=C(\C#N)C(=O)N2CCCC2)n(C)c1=O. The third-order valence-electron chi connectivity index (χ3n) is 4.43. The molecule has 2 aromatic rings. The molecular formula is C19H19N3O2S. The van der Waals surface area contributed by atoms with Gasteiger partial charge >= 0.3 is 0 Å². The molecule has 0 unspecified atom stereocenters. The molecule has 0 atom stereocenters. The van der Waals surface area contributed by atoms with E-state index in [1.807, 2.05) is 43.3 Å². The van der Waals surface area contributed by atoms with Gasteiger partial charge in [0.1, 0.15) is 10.7 Å². The van der Waals surface area contributed by atoms with Gasteiger partial charge in [-0.25, -0.2) is 0 Å². The van der Waals surface area contributed by atoms with Gasteiger partial charge in [-0.05, 0) is 37.0 Å². The Hall–Kier alpha value is -2.65. The maximum atomic E-state index is 12.6. The summed E-state index contributed by atoms with van der Waals surface area (Å²) in [5.41, 5.74) is 1.88. The third-order valence-corrected chi connectivity index (χ3v) is 5.62. The first kappa shape index (κ1) is 17.2. The minimum Gasteiger partial charge on any atom is -0.338 e. The van der Waals surface area contributed by atoms with E-state index in [1.54, 1.807) is 11.9 Å². The fourth-order valence-electron chi connectivity index (χ4n) is 2.94. The van der Waals surface area contributed by atoms with Gasteiger partial charge in [0.05, 0.1) is 4.53 Å². The highest BCUT2D eigenvalue weighted by molar-refractivity contribution is 7.07. The summed E-state index contributed by atoms with van der Waals surface area (Å²) in [6.45, 7) is 3.33. The maximum absolute atomic E-state index is 12.6. The minimum absolute atomic E-state index is 0.0518. The molecule has 1 amide bonds. The molecule has 0 bridgehead atoms. The smallest absolute Gasteiger partial charge is 0.268 e. The molecule has 0 saturated carbocycles. The maximum Gasteiger partial charge on any atom is 0.268 e. The summed E-state index contributed by atoms with van der Waals surface area (Å²) >= 11 is 1.20. The number of rotatable bonds is 2. The first-order valence-electron chi connectivity index (χ1n) is 8.20. The van der Waals surface area contributed by atoms with E-state index >= 15 is 0 Å². The molecule has 0 radical (unpaired) electrons. The summed E-state index contributed by atoms with van der Waals surface area (Å²) in [6, 6.07) is 9.80. The number of aryl methyl sites for hydroxylation is 1. The van der Waals surface area contributed by atoms with Crippen LogP contribution >= 0.6 is 11.3 Å². The van der Waals surface area contributed by atoms with E-state index < -0.39 is 0 Å². The van der Waals surface area contributed by atoms with Gasteiger partial charge in [0.25, 0.3) is 11.5 Å². The molecule has 1 aliphatic heterocycles. The molecule has 1 aromatic carbocycles. The first-order valence-corrected chi connectivity index (χ1v) is 9.01. The van der Waals surface area contributed by atoms with Crippen molar-refractivity contribution in [3.8, 4) is 6.07 Å². The van der Waals surface area contributed by atoms with Crippen molar-refractivity contribution in [2.24, 2.45) is 7.05 Å². The Bertz CT molecular complexity index is 1030. The number of benzene rings is 1. The third kappa shape index (κ3) is 3.28. The number of hydrogen-bond donors (Lipinski definition) is 0. The van der Waals surface area contributed by atoms with E-state index in [4.69, 9.17) is 0 Å². The summed E-state index contributed by atoms with van der Waals surface area (Å²) in [5.74, 6) is -0.278. The van der Waals surface area contributed by atoms with E-state index in [9.17, 15) is 14.9 Å². The Morgan fingerprint density at radius 3 is 2.60 bits per heavy atom. The van der Waals surface area contributed by atoms with Gasteiger partial charge in [-0.2, -0.15) is 5.26 Å². The number of carbonyl (C=O) groups excluding carboxylic acids is 1. The molecule has 1 saturated heterocycles. The van der Waals surface area contributed by atoms with Crippen LogP contribution in [0.1, 0.15) is 24.0 Å². The fraction of sp³-hybridized carbons (Fsp3) is 0.316. The van der Waals surface area contributed by atoms with Gasteiger partial charge < -0.3 is 9.47 Å². The van der Waals surface area contributed by atoms with Crippen LogP contribution in [0.5, 0.6) is 0 Å². The van der Waals surface area contributed by atoms with E-state index in [1.165, 1.54) is 15.9 Å². The zero-order valence-electron chi connectivity index (χ0n) is 14.3. The van der Waals surface area contributed by atoms with Crippen LogP contribution in [-0.2, 0) is 11.8 Å². The highest BCUT2D eigenvalue weighted by atomic mass is 32.1. The number of likely N-dealkylation sites (tertiary alicyclic amines) is 1. The number of nitrogens with zero attached hydrogens (tertiary/aromatic N) is 3. The average molecular weight is 353 g/mol. The normalized spacial score (nSPS) is 16.0. The number of amides is 1. The van der Waals surface area contributed by atoms with Gasteiger partial charge in [-0.3, -0.25) is 9.59 Å². The summed E-state index contributed by atoms with van der Waals surface area (Å²) < 4.78 is 2.35. The minimum atomic E-state index is -0.278. The Morgan fingerprint density at radius 2 is 1.96 bits per heavy atom. The molecule has 25 heavy (non-hydrogen) atoms. The molecule has 1 aromatic heterocycles. The lowest BCUT2D eigenvalue weighted by Crippen LogP contribution is -2.34. The number of nitriles is 1. The Labute approximate surface area is 149 Å². The fourth-order valence-corrected chi connectivity index (χ4v) is 4.01. The van der Waals surface area contributed by atoms with E-state index in [0.717, 1.165) is 24.0 Å². The second kappa shape index (κ2) is 7.08. The van der Waals surface area contributed by atoms with Gasteiger partial charge in [0, 0.05) is 20.1 Å². The summed E-state index contributed by atoms with van der Waals surface area (Å²) in [6.07, 6.45) is 3.74. The summed E-state index contributed by atoms with van der Waals surface area (Å²) in [5, 5.41) is 9.52. The van der Waals surface area contributed by atoms with E-state index in [-0.39, 0.29) is 17.0 Å². The van der Waals surface area contributed by atoms with E-state index in [2.05, 4.69) is 0 Å². The number of hydrogen-bond acceptors (Lipinski definition) is 4. The van der Waals surface area contributed by atoms with Crippen LogP contribution in [-0.4, -0.2) is 28.5 Å². The largest absolute Gasteiger partial charge is 0.338 e. The number of thiazole rings is 1. The van der Waals surface area contributed by atoms with Crippen molar-refractivity contribution in [3.63, 3.8) is 0 Å². The topological polar surface area (TPSA) is 66.1 Å². The standard InChI is InChI=1S/C19H19N3O2S/c1-13-7-3-4-8-14(13)11-16-18(24)21(2)19(25-16)15(12-20)17(23)22-9-5-6-10-22/h3-4,7-8,11H,5-6,9-10H2,1-2H3/b16-11-,19-15+. The number of aromatic nitrogens is 1. The highest BCUT2D eigenvalue weighted by Gasteiger charge is 2.23. The Balaban J connectivity index is 2.18. The van der Waals surface area contributed by atoms with Crippen molar-refractivity contribution in [1.82, 2.24) is 9.47 Å². The van der Waals surface area contributed by atoms with Gasteiger partial charge in [-0.1, -0.05) is 24.3 Å². The van der Waals surface area contributed by atoms with Crippen LogP contribution in [0.25, 0.3) is 11.6 Å². The first-order chi connectivity index (χ1) is 12.0.